The Bertz CT molecular complexity index is 675. The first kappa shape index (κ1) is 54.4. The van der Waals surface area contributed by atoms with Crippen molar-refractivity contribution in [2.24, 2.45) is 45.9 Å². The average molecular weight is 628 g/mol. The maximum Gasteiger partial charge on any atom is 0.336 e. The Kier molecular flexibility index (Phi) is 34.7. The van der Waals surface area contributed by atoms with Crippen LogP contribution in [0, 0.1) is 0 Å². The van der Waals surface area contributed by atoms with Crippen LogP contribution in [0.2, 0.25) is 0 Å². The van der Waals surface area contributed by atoms with Crippen molar-refractivity contribution < 1.29 is 98.6 Å². The van der Waals surface area contributed by atoms with E-state index in [1.807, 2.05) is 0 Å². The zero-order valence-corrected chi connectivity index (χ0v) is 21.2. The molecule has 224 valence electrons. The summed E-state index contributed by atoms with van der Waals surface area (Å²) in [6, 6.07) is 0. The summed E-state index contributed by atoms with van der Waals surface area (Å²) in [6.45, 7) is 0. The second-order valence-electron chi connectivity index (χ2n) is 4.12. The molecule has 32 N–H and O–H groups in total. The van der Waals surface area contributed by atoms with Crippen LogP contribution >= 0.6 is 31.3 Å². The highest BCUT2D eigenvalue weighted by atomic mass is 31.3. The van der Waals surface area contributed by atoms with Crippen LogP contribution in [0.5, 0.6) is 0 Å². The van der Waals surface area contributed by atoms with E-state index < -0.39 is 31.3 Å². The summed E-state index contributed by atoms with van der Waals surface area (Å²) in [6.07, 6.45) is 0. The number of nitrogens with two attached hydrogens (primary N) is 12. The number of guanidine groups is 4. The van der Waals surface area contributed by atoms with Crippen molar-refractivity contribution in [2.75, 3.05) is 0 Å². The molecule has 1 fully saturated rings. The number of hydrogen-bond donors (Lipinski definition) is 12. The van der Waals surface area contributed by atoms with Crippen molar-refractivity contribution in [1.82, 2.24) is 0 Å². The third kappa shape index (κ3) is 63.4. The van der Waals surface area contributed by atoms with E-state index in [4.69, 9.17) is 0 Å². The molecular weight excluding hydrogens is 596 g/mol. The molecule has 1 heterocycles. The molecule has 1 aliphatic rings. The van der Waals surface area contributed by atoms with Crippen LogP contribution < -0.4 is 87.1 Å². The predicted molar refractivity (Wildman–Crippen MR) is 110 cm³/mol. The lowest BCUT2D eigenvalue weighted by molar-refractivity contribution is -0.264. The number of hydrogen-bond acceptors (Lipinski definition) is 12. The Hall–Kier alpha value is -2.48. The molecule has 0 radical (unpaired) electrons. The molecule has 32 heteroatoms. The highest BCUT2D eigenvalue weighted by molar-refractivity contribution is 7.73. The van der Waals surface area contributed by atoms with E-state index in [0.29, 0.717) is 0 Å². The van der Waals surface area contributed by atoms with Crippen LogP contribution in [0.1, 0.15) is 0 Å². The standard InChI is InChI=1S/4CH5N3.H4O12P4.4H2O/c4*2-1(3)4;1-13(2)9-14(3,4)11-16(7,8)12-15(5,6)10-13;;;;/h4*(H5,2,3,4);(H,1,2)(H,3,4)(H,5,6)(H,7,8);4*1H2. The van der Waals surface area contributed by atoms with Gasteiger partial charge in [0.2, 0.25) is 0 Å². The molecule has 0 bridgehead atoms. The topological polar surface area (TPSA) is 634 Å². The molecule has 36 heavy (non-hydrogen) atoms. The summed E-state index contributed by atoms with van der Waals surface area (Å²) in [7, 11) is -23.5. The fourth-order valence-corrected chi connectivity index (χ4v) is 6.02. The molecular formula is C4H32N12O16P4. The fraction of sp³-hybridized carbons (Fsp3) is 0. The van der Waals surface area contributed by atoms with E-state index >= 15 is 0 Å². The SMILES string of the molecule is NC(N)=[NH2+].NC(N)=[NH2+].NC(N)=[NH2+].NC(N)=[NH2+].O.O.O.O.O=P1([O-])OP(=O)([O-])OP(=O)([O-])OP(=O)([O-])O1. The minimum atomic E-state index is -5.87. The highest BCUT2D eigenvalue weighted by Crippen LogP contribution is 2.73. The molecule has 1 rings (SSSR count). The summed E-state index contributed by atoms with van der Waals surface area (Å²) >= 11 is 0. The highest BCUT2D eigenvalue weighted by Gasteiger charge is 2.35. The van der Waals surface area contributed by atoms with Gasteiger partial charge in [0.15, 0.2) is 0 Å². The van der Waals surface area contributed by atoms with Crippen LogP contribution in [-0.4, -0.2) is 45.7 Å². The van der Waals surface area contributed by atoms with Gasteiger partial charge in [0, 0.05) is 0 Å². The minimum Gasteiger partial charge on any atom is -0.756 e. The van der Waals surface area contributed by atoms with Crippen molar-refractivity contribution in [1.29, 1.82) is 0 Å². The normalized spacial score (nSPS) is 27.2. The van der Waals surface area contributed by atoms with Crippen LogP contribution in [0.25, 0.3) is 0 Å². The van der Waals surface area contributed by atoms with E-state index in [1.165, 1.54) is 0 Å². The summed E-state index contributed by atoms with van der Waals surface area (Å²) in [5.74, 6) is -0.333. The molecule has 0 atom stereocenters. The lowest BCUT2D eigenvalue weighted by atomic mass is 11.1. The van der Waals surface area contributed by atoms with Gasteiger partial charge in [0.25, 0.3) is 31.3 Å². The maximum atomic E-state index is 10.6. The molecule has 0 aromatic heterocycles. The Morgan fingerprint density at radius 2 is 0.472 bits per heavy atom. The van der Waals surface area contributed by atoms with Crippen LogP contribution in [-0.2, 0) is 35.5 Å². The quantitative estimate of drug-likeness (QED) is 0.0672. The molecule has 0 unspecified atom stereocenters. The van der Waals surface area contributed by atoms with Gasteiger partial charge < -0.3 is 41.5 Å². The van der Waals surface area contributed by atoms with Gasteiger partial charge in [-0.25, -0.2) is 17.2 Å². The van der Waals surface area contributed by atoms with Crippen molar-refractivity contribution in [3.05, 3.63) is 0 Å². The average Bonchev–Trinajstić information content (AvgIpc) is 2.26. The number of rotatable bonds is 0. The van der Waals surface area contributed by atoms with Gasteiger partial charge in [0.1, 0.15) is 0 Å². The summed E-state index contributed by atoms with van der Waals surface area (Å²) < 4.78 is 54.5. The van der Waals surface area contributed by atoms with Gasteiger partial charge in [-0.2, -0.15) is 0 Å². The number of phosphoric acid groups is 4. The molecule has 0 amide bonds. The third-order valence-electron chi connectivity index (χ3n) is 0.800. The smallest absolute Gasteiger partial charge is 0.336 e. The molecule has 1 aliphatic heterocycles. The predicted octanol–water partition coefficient (Wildman–Crippen LogP) is -17.3. The molecule has 0 aromatic rings. The molecule has 28 nitrogen and oxygen atoms in total. The Morgan fingerprint density at radius 3 is 0.528 bits per heavy atom. The Morgan fingerprint density at radius 1 is 0.417 bits per heavy atom. The summed E-state index contributed by atoms with van der Waals surface area (Å²) in [5, 5.41) is 18.3. The lowest BCUT2D eigenvalue weighted by Gasteiger charge is -2.41. The van der Waals surface area contributed by atoms with E-state index in [9.17, 15) is 37.8 Å². The third-order valence-corrected chi connectivity index (χ3v) is 7.20. The maximum absolute atomic E-state index is 10.6. The van der Waals surface area contributed by atoms with Gasteiger partial charge in [-0.05, 0) is 0 Å². The molecule has 0 saturated carbocycles. The van der Waals surface area contributed by atoms with Crippen molar-refractivity contribution in [3.8, 4) is 0 Å². The first-order chi connectivity index (χ1) is 13.8. The summed E-state index contributed by atoms with van der Waals surface area (Å²) in [5.41, 5.74) is 36.7. The van der Waals surface area contributed by atoms with Gasteiger partial charge in [-0.3, -0.25) is 85.8 Å². The minimum absolute atomic E-state index is 0. The van der Waals surface area contributed by atoms with Crippen LogP contribution in [0.15, 0.2) is 0 Å². The summed E-state index contributed by atoms with van der Waals surface area (Å²) in [4.78, 5) is 42.2. The van der Waals surface area contributed by atoms with E-state index in [-0.39, 0.29) is 45.7 Å². The van der Waals surface area contributed by atoms with E-state index in [0.717, 1.165) is 0 Å². The van der Waals surface area contributed by atoms with Gasteiger partial charge in [0.05, 0.1) is 0 Å². The van der Waals surface area contributed by atoms with Crippen molar-refractivity contribution >= 4 is 55.1 Å². The Labute approximate surface area is 200 Å². The van der Waals surface area contributed by atoms with Crippen molar-refractivity contribution in [2.45, 2.75) is 0 Å². The lowest BCUT2D eigenvalue weighted by Crippen LogP contribution is -2.51. The molecule has 0 spiro atoms. The van der Waals surface area contributed by atoms with Crippen LogP contribution in [0.4, 0.5) is 0 Å². The second kappa shape index (κ2) is 23.0. The molecule has 0 aromatic carbocycles. The van der Waals surface area contributed by atoms with E-state index in [1.54, 1.807) is 0 Å². The molecule has 1 saturated heterocycles. The van der Waals surface area contributed by atoms with Gasteiger partial charge >= 0.3 is 23.8 Å². The second-order valence-corrected chi connectivity index (χ2v) is 10.3. The zero-order valence-electron chi connectivity index (χ0n) is 17.6. The van der Waals surface area contributed by atoms with Crippen LogP contribution in [0.3, 0.4) is 0 Å². The van der Waals surface area contributed by atoms with Crippen molar-refractivity contribution in [3.63, 3.8) is 0 Å². The monoisotopic (exact) mass is 628 g/mol. The Balaban J connectivity index is -0.0000000548. The first-order valence-electron chi connectivity index (χ1n) is 6.39. The van der Waals surface area contributed by atoms with Gasteiger partial charge in [-0.15, -0.1) is 0 Å². The molecule has 0 aliphatic carbocycles. The first-order valence-corrected chi connectivity index (χ1v) is 12.2. The largest absolute Gasteiger partial charge is 0.756 e. The van der Waals surface area contributed by atoms with Gasteiger partial charge in [-0.1, -0.05) is 0 Å². The zero-order chi connectivity index (χ0) is 27.1. The fourth-order valence-electron chi connectivity index (χ4n) is 0.550. The van der Waals surface area contributed by atoms with E-state index in [2.05, 4.69) is 84.7 Å².